The molecule has 130 valence electrons. The Labute approximate surface area is 145 Å². The van der Waals surface area contributed by atoms with Crippen molar-refractivity contribution in [1.29, 1.82) is 0 Å². The topological polar surface area (TPSA) is 93.4 Å². The zero-order valence-electron chi connectivity index (χ0n) is 14.0. The molecule has 2 rings (SSSR count). The molecular formula is C15H20ClN5O3. The first-order chi connectivity index (χ1) is 11.2. The average molecular weight is 354 g/mol. The zero-order chi connectivity index (χ0) is 17.7. The summed E-state index contributed by atoms with van der Waals surface area (Å²) < 4.78 is 10.3. The van der Waals surface area contributed by atoms with Crippen LogP contribution in [0.25, 0.3) is 0 Å². The smallest absolute Gasteiger partial charge is 0.408 e. The normalized spacial score (nSPS) is 11.2. The van der Waals surface area contributed by atoms with Crippen molar-refractivity contribution in [2.75, 3.05) is 11.9 Å². The van der Waals surface area contributed by atoms with Gasteiger partial charge in [-0.15, -0.1) is 0 Å². The average Bonchev–Trinajstić information content (AvgIpc) is 2.91. The van der Waals surface area contributed by atoms with Crippen LogP contribution in [0.5, 0.6) is 0 Å². The van der Waals surface area contributed by atoms with E-state index in [-0.39, 0.29) is 6.54 Å². The van der Waals surface area contributed by atoms with Crippen LogP contribution in [-0.2, 0) is 17.8 Å². The number of amides is 1. The number of hydrogen-bond donors (Lipinski definition) is 1. The third kappa shape index (κ3) is 5.69. The summed E-state index contributed by atoms with van der Waals surface area (Å²) in [5.74, 6) is 1.51. The first-order valence-corrected chi connectivity index (χ1v) is 7.72. The minimum absolute atomic E-state index is 0.126. The number of hydrogen-bond acceptors (Lipinski definition) is 7. The molecule has 1 N–H and O–H groups in total. The number of nitrogens with zero attached hydrogens (tertiary/aromatic N) is 4. The molecule has 1 amide bonds. The van der Waals surface area contributed by atoms with Gasteiger partial charge >= 0.3 is 6.09 Å². The molecule has 0 aliphatic heterocycles. The Morgan fingerprint density at radius 3 is 2.79 bits per heavy atom. The number of carbonyl (C=O) groups excluding carboxylic acids is 1. The summed E-state index contributed by atoms with van der Waals surface area (Å²) >= 11 is 5.81. The lowest BCUT2D eigenvalue weighted by Gasteiger charge is -2.19. The van der Waals surface area contributed by atoms with Crippen LogP contribution < -0.4 is 10.2 Å². The minimum atomic E-state index is -0.555. The molecule has 2 aromatic rings. The third-order valence-corrected chi connectivity index (χ3v) is 3.00. The molecule has 0 aliphatic carbocycles. The number of nitrogens with one attached hydrogen (secondary N) is 1. The first kappa shape index (κ1) is 18.0. The van der Waals surface area contributed by atoms with E-state index >= 15 is 0 Å². The van der Waals surface area contributed by atoms with E-state index in [1.165, 1.54) is 0 Å². The Morgan fingerprint density at radius 1 is 1.42 bits per heavy atom. The molecule has 0 spiro atoms. The van der Waals surface area contributed by atoms with Crippen molar-refractivity contribution in [1.82, 2.24) is 20.4 Å². The van der Waals surface area contributed by atoms with Gasteiger partial charge in [0.2, 0.25) is 5.89 Å². The number of carbonyl (C=O) groups is 1. The molecular weight excluding hydrogens is 334 g/mol. The van der Waals surface area contributed by atoms with Crippen molar-refractivity contribution in [3.8, 4) is 0 Å². The SMILES string of the molecule is CN(Cc1nc(CNC(=O)OC(C)(C)C)no1)c1ccc(Cl)cn1. The molecule has 0 fully saturated rings. The number of ether oxygens (including phenoxy) is 1. The lowest BCUT2D eigenvalue weighted by Crippen LogP contribution is -2.32. The Morgan fingerprint density at radius 2 is 2.17 bits per heavy atom. The van der Waals surface area contributed by atoms with Gasteiger partial charge in [0.05, 0.1) is 18.1 Å². The Hall–Kier alpha value is -2.35. The van der Waals surface area contributed by atoms with Crippen molar-refractivity contribution >= 4 is 23.5 Å². The van der Waals surface area contributed by atoms with Crippen LogP contribution in [0.4, 0.5) is 10.6 Å². The molecule has 0 bridgehead atoms. The van der Waals surface area contributed by atoms with E-state index in [9.17, 15) is 4.79 Å². The number of anilines is 1. The highest BCUT2D eigenvalue weighted by atomic mass is 35.5. The second kappa shape index (κ2) is 7.48. The first-order valence-electron chi connectivity index (χ1n) is 7.34. The van der Waals surface area contributed by atoms with Crippen molar-refractivity contribution in [3.05, 3.63) is 35.1 Å². The molecule has 0 unspecified atom stereocenters. The van der Waals surface area contributed by atoms with Gasteiger partial charge in [0.15, 0.2) is 5.82 Å². The predicted octanol–water partition coefficient (Wildman–Crippen LogP) is 2.78. The van der Waals surface area contributed by atoms with Crippen molar-refractivity contribution in [2.45, 2.75) is 39.5 Å². The standard InChI is InChI=1S/C15H20ClN5O3/c1-15(2,3)23-14(22)18-8-11-19-13(24-20-11)9-21(4)12-6-5-10(16)7-17-12/h5-7H,8-9H2,1-4H3,(H,18,22). The van der Waals surface area contributed by atoms with E-state index in [1.54, 1.807) is 39.1 Å². The van der Waals surface area contributed by atoms with Crippen LogP contribution in [0.15, 0.2) is 22.9 Å². The molecule has 8 nitrogen and oxygen atoms in total. The molecule has 0 radical (unpaired) electrons. The van der Waals surface area contributed by atoms with E-state index in [0.29, 0.717) is 23.3 Å². The molecule has 9 heteroatoms. The van der Waals surface area contributed by atoms with Gasteiger partial charge in [-0.3, -0.25) is 0 Å². The monoisotopic (exact) mass is 353 g/mol. The van der Waals surface area contributed by atoms with E-state index in [2.05, 4.69) is 20.4 Å². The van der Waals surface area contributed by atoms with Crippen molar-refractivity contribution < 1.29 is 14.1 Å². The van der Waals surface area contributed by atoms with Crippen LogP contribution in [0.1, 0.15) is 32.5 Å². The summed E-state index contributed by atoms with van der Waals surface area (Å²) in [7, 11) is 1.85. The highest BCUT2D eigenvalue weighted by Crippen LogP contribution is 2.14. The van der Waals surface area contributed by atoms with Gasteiger partial charge < -0.3 is 19.5 Å². The van der Waals surface area contributed by atoms with Crippen LogP contribution in [-0.4, -0.2) is 33.9 Å². The number of halogens is 1. The summed E-state index contributed by atoms with van der Waals surface area (Å²) in [5, 5.41) is 6.96. The quantitative estimate of drug-likeness (QED) is 0.883. The summed E-state index contributed by atoms with van der Waals surface area (Å²) in [4.78, 5) is 21.8. The molecule has 0 saturated heterocycles. The predicted molar refractivity (Wildman–Crippen MR) is 88.7 cm³/mol. The third-order valence-electron chi connectivity index (χ3n) is 2.78. The minimum Gasteiger partial charge on any atom is -0.444 e. The van der Waals surface area contributed by atoms with Crippen LogP contribution in [0.3, 0.4) is 0 Å². The fourth-order valence-corrected chi connectivity index (χ4v) is 1.88. The van der Waals surface area contributed by atoms with E-state index < -0.39 is 11.7 Å². The fourth-order valence-electron chi connectivity index (χ4n) is 1.77. The number of aromatic nitrogens is 3. The van der Waals surface area contributed by atoms with Gasteiger partial charge in [0.1, 0.15) is 11.4 Å². The van der Waals surface area contributed by atoms with Crippen LogP contribution in [0.2, 0.25) is 5.02 Å². The number of rotatable bonds is 5. The maximum atomic E-state index is 11.6. The molecule has 0 aliphatic rings. The van der Waals surface area contributed by atoms with Crippen molar-refractivity contribution in [3.63, 3.8) is 0 Å². The lowest BCUT2D eigenvalue weighted by atomic mass is 10.2. The highest BCUT2D eigenvalue weighted by Gasteiger charge is 2.17. The van der Waals surface area contributed by atoms with Crippen LogP contribution in [0, 0.1) is 0 Å². The summed E-state index contributed by atoms with van der Waals surface area (Å²) in [6.45, 7) is 5.88. The highest BCUT2D eigenvalue weighted by molar-refractivity contribution is 6.30. The molecule has 0 saturated carbocycles. The summed E-state index contributed by atoms with van der Waals surface area (Å²) in [5.41, 5.74) is -0.555. The number of pyridine rings is 1. The molecule has 0 atom stereocenters. The largest absolute Gasteiger partial charge is 0.444 e. The Balaban J connectivity index is 1.86. The molecule has 24 heavy (non-hydrogen) atoms. The number of alkyl carbamates (subject to hydrolysis) is 1. The fraction of sp³-hybridized carbons (Fsp3) is 0.467. The maximum Gasteiger partial charge on any atom is 0.408 e. The van der Waals surface area contributed by atoms with E-state index in [1.807, 2.05) is 11.9 Å². The lowest BCUT2D eigenvalue weighted by molar-refractivity contribution is 0.0522. The molecule has 2 heterocycles. The molecule has 2 aromatic heterocycles. The van der Waals surface area contributed by atoms with Crippen molar-refractivity contribution in [2.24, 2.45) is 0 Å². The van der Waals surface area contributed by atoms with E-state index in [0.717, 1.165) is 5.82 Å². The molecule has 0 aromatic carbocycles. The van der Waals surface area contributed by atoms with Gasteiger partial charge in [-0.25, -0.2) is 9.78 Å². The Bertz CT molecular complexity index is 681. The summed E-state index contributed by atoms with van der Waals surface area (Å²) in [6, 6.07) is 3.55. The van der Waals surface area contributed by atoms with Gasteiger partial charge in [-0.2, -0.15) is 4.98 Å². The van der Waals surface area contributed by atoms with Gasteiger partial charge in [-0.1, -0.05) is 16.8 Å². The second-order valence-electron chi connectivity index (χ2n) is 6.15. The van der Waals surface area contributed by atoms with Gasteiger partial charge in [-0.05, 0) is 32.9 Å². The van der Waals surface area contributed by atoms with E-state index in [4.69, 9.17) is 20.9 Å². The Kier molecular flexibility index (Phi) is 5.61. The van der Waals surface area contributed by atoms with Crippen LogP contribution >= 0.6 is 11.6 Å². The maximum absolute atomic E-state index is 11.6. The summed E-state index contributed by atoms with van der Waals surface area (Å²) in [6.07, 6.45) is 1.04. The van der Waals surface area contributed by atoms with Gasteiger partial charge in [0.25, 0.3) is 0 Å². The van der Waals surface area contributed by atoms with Gasteiger partial charge in [0, 0.05) is 13.2 Å². The second-order valence-corrected chi connectivity index (χ2v) is 6.59. The zero-order valence-corrected chi connectivity index (χ0v) is 14.8.